The van der Waals surface area contributed by atoms with Crippen LogP contribution in [0.5, 0.6) is 0 Å². The van der Waals surface area contributed by atoms with Crippen LogP contribution >= 0.6 is 0 Å². The molecule has 0 aliphatic carbocycles. The molecule has 1 aromatic rings. The average Bonchev–Trinajstić information content (AvgIpc) is 3.06. The third-order valence-electron chi connectivity index (χ3n) is 5.50. The van der Waals surface area contributed by atoms with Crippen molar-refractivity contribution in [1.29, 1.82) is 0 Å². The van der Waals surface area contributed by atoms with Crippen LogP contribution in [0.15, 0.2) is 24.3 Å². The van der Waals surface area contributed by atoms with Crippen LogP contribution in [0.4, 0.5) is 4.79 Å². The summed E-state index contributed by atoms with van der Waals surface area (Å²) >= 11 is 0. The lowest BCUT2D eigenvalue weighted by Crippen LogP contribution is -2.45. The van der Waals surface area contributed by atoms with E-state index in [9.17, 15) is 22.8 Å². The Morgan fingerprint density at radius 3 is 2.38 bits per heavy atom. The molecule has 1 aromatic carbocycles. The summed E-state index contributed by atoms with van der Waals surface area (Å²) in [7, 11) is -3.13. The zero-order valence-electron chi connectivity index (χ0n) is 17.1. The summed E-state index contributed by atoms with van der Waals surface area (Å²) in [5.74, 6) is -1.15. The molecule has 2 atom stereocenters. The first-order valence-electron chi connectivity index (χ1n) is 9.57. The fraction of sp³-hybridized carbons (Fsp3) is 0.550. The molecule has 2 saturated heterocycles. The number of carbonyl (C=O) groups is 3. The van der Waals surface area contributed by atoms with Crippen molar-refractivity contribution in [3.05, 3.63) is 35.4 Å². The van der Waals surface area contributed by atoms with Crippen molar-refractivity contribution in [3.8, 4) is 0 Å². The molecule has 0 aromatic heterocycles. The molecule has 4 amide bonds. The van der Waals surface area contributed by atoms with Crippen molar-refractivity contribution in [2.24, 2.45) is 0 Å². The molecule has 0 spiro atoms. The fourth-order valence-corrected chi connectivity index (χ4v) is 5.34. The smallest absolute Gasteiger partial charge is 0.325 e. The predicted molar refractivity (Wildman–Crippen MR) is 108 cm³/mol. The zero-order chi connectivity index (χ0) is 21.6. The van der Waals surface area contributed by atoms with Crippen LogP contribution in [0, 0.1) is 0 Å². The Hall–Kier alpha value is -2.42. The summed E-state index contributed by atoms with van der Waals surface area (Å²) < 4.78 is 23.0. The van der Waals surface area contributed by atoms with Crippen LogP contribution in [0.25, 0.3) is 0 Å². The molecule has 0 unspecified atom stereocenters. The zero-order valence-corrected chi connectivity index (χ0v) is 17.9. The second-order valence-corrected chi connectivity index (χ2v) is 11.2. The van der Waals surface area contributed by atoms with Crippen LogP contribution in [-0.4, -0.2) is 55.3 Å². The molecule has 0 radical (unpaired) electrons. The third kappa shape index (κ3) is 4.29. The van der Waals surface area contributed by atoms with E-state index in [-0.39, 0.29) is 16.9 Å². The molecule has 2 fully saturated rings. The van der Waals surface area contributed by atoms with Crippen molar-refractivity contribution in [2.75, 3.05) is 18.1 Å². The summed E-state index contributed by atoms with van der Waals surface area (Å²) in [5, 5.41) is 5.28. The second-order valence-electron chi connectivity index (χ2n) is 8.94. The van der Waals surface area contributed by atoms with E-state index >= 15 is 0 Å². The molecule has 2 aliphatic rings. The van der Waals surface area contributed by atoms with E-state index < -0.39 is 45.8 Å². The molecular weight excluding hydrogens is 394 g/mol. The number of hydrogen-bond donors (Lipinski definition) is 2. The molecule has 8 nitrogen and oxygen atoms in total. The van der Waals surface area contributed by atoms with Gasteiger partial charge >= 0.3 is 6.03 Å². The first kappa shape index (κ1) is 21.3. The van der Waals surface area contributed by atoms with E-state index in [1.54, 1.807) is 6.92 Å². The van der Waals surface area contributed by atoms with Crippen molar-refractivity contribution in [3.63, 3.8) is 0 Å². The van der Waals surface area contributed by atoms with E-state index in [2.05, 4.69) is 31.4 Å². The quantitative estimate of drug-likeness (QED) is 0.706. The van der Waals surface area contributed by atoms with Gasteiger partial charge in [0.1, 0.15) is 12.1 Å². The van der Waals surface area contributed by atoms with E-state index in [1.807, 2.05) is 24.3 Å². The molecule has 29 heavy (non-hydrogen) atoms. The highest BCUT2D eigenvalue weighted by Gasteiger charge is 2.49. The van der Waals surface area contributed by atoms with Crippen molar-refractivity contribution < 1.29 is 22.8 Å². The predicted octanol–water partition coefficient (Wildman–Crippen LogP) is 1.05. The molecule has 2 aliphatic heterocycles. The summed E-state index contributed by atoms with van der Waals surface area (Å²) in [5.41, 5.74) is 0.433. The first-order valence-corrected chi connectivity index (χ1v) is 11.4. The Morgan fingerprint density at radius 2 is 1.86 bits per heavy atom. The Morgan fingerprint density at radius 1 is 1.24 bits per heavy atom. The third-order valence-corrected chi connectivity index (χ3v) is 7.27. The maximum atomic E-state index is 13.0. The minimum absolute atomic E-state index is 0.0315. The van der Waals surface area contributed by atoms with Gasteiger partial charge in [0.05, 0.1) is 11.5 Å². The number of sulfone groups is 1. The molecule has 2 N–H and O–H groups in total. The minimum atomic E-state index is -3.13. The number of nitrogens with zero attached hydrogens (tertiary/aromatic N) is 1. The molecule has 158 valence electrons. The van der Waals surface area contributed by atoms with Gasteiger partial charge in [0, 0.05) is 6.04 Å². The van der Waals surface area contributed by atoms with Crippen molar-refractivity contribution in [1.82, 2.24) is 15.5 Å². The van der Waals surface area contributed by atoms with Gasteiger partial charge < -0.3 is 10.6 Å². The highest BCUT2D eigenvalue weighted by atomic mass is 32.2. The number of benzene rings is 1. The molecule has 0 bridgehead atoms. The largest absolute Gasteiger partial charge is 0.351 e. The molecule has 0 saturated carbocycles. The van der Waals surface area contributed by atoms with Gasteiger partial charge in [-0.05, 0) is 29.9 Å². The molecule has 9 heteroatoms. The van der Waals surface area contributed by atoms with Crippen molar-refractivity contribution in [2.45, 2.75) is 51.1 Å². The van der Waals surface area contributed by atoms with Gasteiger partial charge in [-0.15, -0.1) is 0 Å². The topological polar surface area (TPSA) is 113 Å². The SMILES string of the molecule is CC(C)(C)c1ccc([C@]2(C)NC(=O)N(CC(=O)N[C@H]3CCS(=O)(=O)C3)C2=O)cc1. The number of hydrogen-bond acceptors (Lipinski definition) is 5. The van der Waals surface area contributed by atoms with E-state index in [1.165, 1.54) is 0 Å². The van der Waals surface area contributed by atoms with Crippen LogP contribution in [0.3, 0.4) is 0 Å². The van der Waals surface area contributed by atoms with Crippen LogP contribution in [0.1, 0.15) is 45.2 Å². The summed E-state index contributed by atoms with van der Waals surface area (Å²) in [6.07, 6.45) is 0.339. The van der Waals surface area contributed by atoms with E-state index in [0.717, 1.165) is 10.5 Å². The molecular formula is C20H27N3O5S. The van der Waals surface area contributed by atoms with Gasteiger partial charge in [-0.3, -0.25) is 14.5 Å². The summed E-state index contributed by atoms with van der Waals surface area (Å²) in [6.45, 7) is 7.42. The monoisotopic (exact) mass is 421 g/mol. The lowest BCUT2D eigenvalue weighted by molar-refractivity contribution is -0.135. The van der Waals surface area contributed by atoms with Gasteiger partial charge in [0.15, 0.2) is 9.84 Å². The molecule has 2 heterocycles. The second kappa shape index (κ2) is 7.12. The first-order chi connectivity index (χ1) is 13.3. The van der Waals surface area contributed by atoms with Crippen LogP contribution in [0.2, 0.25) is 0 Å². The standard InChI is InChI=1S/C20H27N3O5S/c1-19(2,3)13-5-7-14(8-6-13)20(4)17(25)23(18(26)22-20)11-16(24)21-15-9-10-29(27,28)12-15/h5-8,15H,9-12H2,1-4H3,(H,21,24)(H,22,26)/t15-,20-/m0/s1. The number of urea groups is 1. The number of rotatable bonds is 4. The van der Waals surface area contributed by atoms with E-state index in [4.69, 9.17) is 0 Å². The number of imide groups is 1. The minimum Gasteiger partial charge on any atom is -0.351 e. The van der Waals surface area contributed by atoms with Crippen LogP contribution in [-0.2, 0) is 30.4 Å². The number of amides is 4. The van der Waals surface area contributed by atoms with Crippen molar-refractivity contribution >= 4 is 27.7 Å². The highest BCUT2D eigenvalue weighted by molar-refractivity contribution is 7.91. The number of nitrogens with one attached hydrogen (secondary N) is 2. The lowest BCUT2D eigenvalue weighted by atomic mass is 9.84. The normalized spacial score (nSPS) is 26.5. The average molecular weight is 422 g/mol. The Labute approximate surface area is 170 Å². The lowest BCUT2D eigenvalue weighted by Gasteiger charge is -2.24. The Balaban J connectivity index is 1.71. The fourth-order valence-electron chi connectivity index (χ4n) is 3.67. The molecule has 3 rings (SSSR count). The van der Waals surface area contributed by atoms with Gasteiger partial charge in [-0.1, -0.05) is 45.0 Å². The highest BCUT2D eigenvalue weighted by Crippen LogP contribution is 2.31. The Kier molecular flexibility index (Phi) is 5.23. The summed E-state index contributed by atoms with van der Waals surface area (Å²) in [4.78, 5) is 38.5. The summed E-state index contributed by atoms with van der Waals surface area (Å²) in [6, 6.07) is 6.35. The van der Waals surface area contributed by atoms with Gasteiger partial charge in [-0.25, -0.2) is 13.2 Å². The van der Waals surface area contributed by atoms with Crippen LogP contribution < -0.4 is 10.6 Å². The van der Waals surface area contributed by atoms with Gasteiger partial charge in [0.2, 0.25) is 5.91 Å². The van der Waals surface area contributed by atoms with Gasteiger partial charge in [0.25, 0.3) is 5.91 Å². The number of carbonyl (C=O) groups excluding carboxylic acids is 3. The van der Waals surface area contributed by atoms with E-state index in [0.29, 0.717) is 12.0 Å². The Bertz CT molecular complexity index is 949. The maximum Gasteiger partial charge on any atom is 0.325 e. The maximum absolute atomic E-state index is 13.0. The van der Waals surface area contributed by atoms with Gasteiger partial charge in [-0.2, -0.15) is 0 Å².